The van der Waals surface area contributed by atoms with Crippen LogP contribution < -0.4 is 10.1 Å². The molecule has 118 valence electrons. The van der Waals surface area contributed by atoms with Crippen LogP contribution in [-0.2, 0) is 4.79 Å². The fraction of sp³-hybridized carbons (Fsp3) is 0.222. The highest BCUT2D eigenvalue weighted by molar-refractivity contribution is 5.94. The molecule has 0 spiro atoms. The van der Waals surface area contributed by atoms with Gasteiger partial charge in [-0.25, -0.2) is 4.98 Å². The molecule has 0 aliphatic heterocycles. The van der Waals surface area contributed by atoms with Crippen molar-refractivity contribution in [2.24, 2.45) is 0 Å². The van der Waals surface area contributed by atoms with Crippen LogP contribution in [0.2, 0.25) is 0 Å². The molecule has 0 unspecified atom stereocenters. The molecule has 1 N–H and O–H groups in total. The largest absolute Gasteiger partial charge is 0.494 e. The minimum absolute atomic E-state index is 0.0320. The average Bonchev–Trinajstić information content (AvgIpc) is 2.94. The van der Waals surface area contributed by atoms with Gasteiger partial charge in [-0.05, 0) is 37.6 Å². The van der Waals surface area contributed by atoms with E-state index < -0.39 is 0 Å². The minimum atomic E-state index is -0.0320. The predicted octanol–water partition coefficient (Wildman–Crippen LogP) is 3.44. The standard InChI is InChI=1S/C18H19N3O2/c1-14-13-21-11-5-9-16(18(21)19-14)20-17(22)10-6-12-23-15-7-3-2-4-8-15/h2-5,7-9,11,13H,6,10,12H2,1H3,(H,20,22). The molecule has 0 saturated heterocycles. The van der Waals surface area contributed by atoms with E-state index >= 15 is 0 Å². The van der Waals surface area contributed by atoms with Crippen molar-refractivity contribution in [2.45, 2.75) is 19.8 Å². The first-order valence-corrected chi connectivity index (χ1v) is 7.64. The normalized spacial score (nSPS) is 10.7. The number of carbonyl (C=O) groups is 1. The number of hydrogen-bond donors (Lipinski definition) is 1. The molecule has 0 bridgehead atoms. The lowest BCUT2D eigenvalue weighted by molar-refractivity contribution is -0.116. The summed E-state index contributed by atoms with van der Waals surface area (Å²) in [4.78, 5) is 16.5. The second-order valence-electron chi connectivity index (χ2n) is 5.35. The van der Waals surface area contributed by atoms with Crippen LogP contribution in [0.3, 0.4) is 0 Å². The number of nitrogens with one attached hydrogen (secondary N) is 1. The zero-order chi connectivity index (χ0) is 16.1. The maximum absolute atomic E-state index is 12.1. The Kier molecular flexibility index (Phi) is 4.57. The summed E-state index contributed by atoms with van der Waals surface area (Å²) < 4.78 is 7.49. The number of aromatic nitrogens is 2. The number of ether oxygens (including phenoxy) is 1. The summed E-state index contributed by atoms with van der Waals surface area (Å²) >= 11 is 0. The fourth-order valence-electron chi connectivity index (χ4n) is 2.39. The Morgan fingerprint density at radius 2 is 2.04 bits per heavy atom. The number of fused-ring (bicyclic) bond motifs is 1. The summed E-state index contributed by atoms with van der Waals surface area (Å²) in [6, 6.07) is 13.4. The monoisotopic (exact) mass is 309 g/mol. The quantitative estimate of drug-likeness (QED) is 0.710. The van der Waals surface area contributed by atoms with Gasteiger partial charge in [0, 0.05) is 18.8 Å². The van der Waals surface area contributed by atoms with Crippen LogP contribution in [0.5, 0.6) is 5.75 Å². The molecule has 0 aliphatic rings. The summed E-state index contributed by atoms with van der Waals surface area (Å²) in [5, 5.41) is 2.92. The molecule has 1 amide bonds. The maximum atomic E-state index is 12.1. The first-order chi connectivity index (χ1) is 11.2. The van der Waals surface area contributed by atoms with Crippen LogP contribution in [-0.4, -0.2) is 21.9 Å². The van der Waals surface area contributed by atoms with Crippen LogP contribution in [0.4, 0.5) is 5.69 Å². The van der Waals surface area contributed by atoms with Crippen molar-refractivity contribution in [1.29, 1.82) is 0 Å². The van der Waals surface area contributed by atoms with E-state index in [0.717, 1.165) is 22.8 Å². The van der Waals surface area contributed by atoms with Gasteiger partial charge in [0.1, 0.15) is 5.75 Å². The smallest absolute Gasteiger partial charge is 0.224 e. The third-order valence-electron chi connectivity index (χ3n) is 3.44. The maximum Gasteiger partial charge on any atom is 0.224 e. The van der Waals surface area contributed by atoms with Gasteiger partial charge >= 0.3 is 0 Å². The van der Waals surface area contributed by atoms with E-state index in [0.29, 0.717) is 19.4 Å². The van der Waals surface area contributed by atoms with Gasteiger partial charge in [-0.2, -0.15) is 0 Å². The van der Waals surface area contributed by atoms with Crippen LogP contribution in [0.15, 0.2) is 54.9 Å². The van der Waals surface area contributed by atoms with E-state index in [4.69, 9.17) is 4.74 Å². The number of hydrogen-bond acceptors (Lipinski definition) is 3. The summed E-state index contributed by atoms with van der Waals surface area (Å²) in [7, 11) is 0. The van der Waals surface area contributed by atoms with E-state index in [9.17, 15) is 4.79 Å². The first-order valence-electron chi connectivity index (χ1n) is 7.64. The number of benzene rings is 1. The Morgan fingerprint density at radius 1 is 1.22 bits per heavy atom. The van der Waals surface area contributed by atoms with E-state index in [1.54, 1.807) is 0 Å². The SMILES string of the molecule is Cc1cn2cccc(NC(=O)CCCOc3ccccc3)c2n1. The van der Waals surface area contributed by atoms with Crippen molar-refractivity contribution in [2.75, 3.05) is 11.9 Å². The third kappa shape index (κ3) is 3.88. The molecule has 5 heteroatoms. The average molecular weight is 309 g/mol. The van der Waals surface area contributed by atoms with Crippen LogP contribution in [0.25, 0.3) is 5.65 Å². The summed E-state index contributed by atoms with van der Waals surface area (Å²) in [5.41, 5.74) is 2.41. The molecule has 23 heavy (non-hydrogen) atoms. The van der Waals surface area contributed by atoms with Crippen molar-refractivity contribution in [3.8, 4) is 5.75 Å². The van der Waals surface area contributed by atoms with Crippen LogP contribution >= 0.6 is 0 Å². The summed E-state index contributed by atoms with van der Waals surface area (Å²) in [6.07, 6.45) is 4.92. The van der Waals surface area contributed by atoms with Gasteiger partial charge < -0.3 is 14.5 Å². The topological polar surface area (TPSA) is 55.6 Å². The van der Waals surface area contributed by atoms with Crippen molar-refractivity contribution in [1.82, 2.24) is 9.38 Å². The third-order valence-corrected chi connectivity index (χ3v) is 3.44. The van der Waals surface area contributed by atoms with E-state index in [1.165, 1.54) is 0 Å². The van der Waals surface area contributed by atoms with Gasteiger partial charge in [-0.15, -0.1) is 0 Å². The molecule has 2 heterocycles. The molecular formula is C18H19N3O2. The Hall–Kier alpha value is -2.82. The molecule has 0 atom stereocenters. The molecule has 5 nitrogen and oxygen atoms in total. The van der Waals surface area contributed by atoms with Crippen LogP contribution in [0.1, 0.15) is 18.5 Å². The molecule has 3 rings (SSSR count). The van der Waals surface area contributed by atoms with Crippen LogP contribution in [0, 0.1) is 6.92 Å². The number of imidazole rings is 1. The molecule has 3 aromatic rings. The van der Waals surface area contributed by atoms with E-state index in [1.807, 2.05) is 66.2 Å². The van der Waals surface area contributed by atoms with Crippen molar-refractivity contribution < 1.29 is 9.53 Å². The van der Waals surface area contributed by atoms with Gasteiger partial charge in [-0.1, -0.05) is 18.2 Å². The van der Waals surface area contributed by atoms with E-state index in [-0.39, 0.29) is 5.91 Å². The lowest BCUT2D eigenvalue weighted by Gasteiger charge is -2.07. The van der Waals surface area contributed by atoms with Crippen molar-refractivity contribution >= 4 is 17.2 Å². The van der Waals surface area contributed by atoms with Crippen molar-refractivity contribution in [3.05, 3.63) is 60.6 Å². The Labute approximate surface area is 134 Å². The number of pyridine rings is 1. The summed E-state index contributed by atoms with van der Waals surface area (Å²) in [6.45, 7) is 2.45. The first kappa shape index (κ1) is 15.1. The number of carbonyl (C=O) groups excluding carboxylic acids is 1. The number of rotatable bonds is 6. The Balaban J connectivity index is 1.51. The van der Waals surface area contributed by atoms with Gasteiger partial charge in [0.05, 0.1) is 18.0 Å². The lowest BCUT2D eigenvalue weighted by atomic mass is 10.3. The summed E-state index contributed by atoms with van der Waals surface area (Å²) in [5.74, 6) is 0.793. The van der Waals surface area contributed by atoms with Gasteiger partial charge in [0.25, 0.3) is 0 Å². The van der Waals surface area contributed by atoms with Gasteiger partial charge in [-0.3, -0.25) is 4.79 Å². The Morgan fingerprint density at radius 3 is 2.87 bits per heavy atom. The van der Waals surface area contributed by atoms with E-state index in [2.05, 4.69) is 10.3 Å². The number of para-hydroxylation sites is 1. The molecule has 0 radical (unpaired) electrons. The highest BCUT2D eigenvalue weighted by atomic mass is 16.5. The fourth-order valence-corrected chi connectivity index (χ4v) is 2.39. The zero-order valence-electron chi connectivity index (χ0n) is 13.0. The molecule has 0 aliphatic carbocycles. The second-order valence-corrected chi connectivity index (χ2v) is 5.35. The lowest BCUT2D eigenvalue weighted by Crippen LogP contribution is -2.13. The van der Waals surface area contributed by atoms with Crippen molar-refractivity contribution in [3.63, 3.8) is 0 Å². The number of aryl methyl sites for hydroxylation is 1. The Bertz CT molecular complexity index is 796. The molecular weight excluding hydrogens is 290 g/mol. The number of amides is 1. The van der Waals surface area contributed by atoms with Gasteiger partial charge in [0.15, 0.2) is 5.65 Å². The number of anilines is 1. The zero-order valence-corrected chi connectivity index (χ0v) is 13.0. The molecule has 0 fully saturated rings. The molecule has 1 aromatic carbocycles. The second kappa shape index (κ2) is 6.96. The molecule has 2 aromatic heterocycles. The highest BCUT2D eigenvalue weighted by Gasteiger charge is 2.08. The minimum Gasteiger partial charge on any atom is -0.494 e. The van der Waals surface area contributed by atoms with Gasteiger partial charge in [0.2, 0.25) is 5.91 Å². The predicted molar refractivity (Wildman–Crippen MR) is 89.7 cm³/mol. The molecule has 0 saturated carbocycles. The number of nitrogens with zero attached hydrogens (tertiary/aromatic N) is 2. The highest BCUT2D eigenvalue weighted by Crippen LogP contribution is 2.16.